The molecule has 0 spiro atoms. The van der Waals surface area contributed by atoms with Crippen LogP contribution >= 0.6 is 31.9 Å². The van der Waals surface area contributed by atoms with Gasteiger partial charge in [0.1, 0.15) is 23.0 Å². The van der Waals surface area contributed by atoms with Crippen molar-refractivity contribution in [3.05, 3.63) is 114 Å². The lowest BCUT2D eigenvalue weighted by Crippen LogP contribution is -2.06. The lowest BCUT2D eigenvalue weighted by atomic mass is 9.91. The third kappa shape index (κ3) is 15.5. The van der Waals surface area contributed by atoms with Crippen LogP contribution in [0.15, 0.2) is 63.5 Å². The second kappa shape index (κ2) is 24.7. The van der Waals surface area contributed by atoms with Crippen LogP contribution in [0.4, 0.5) is 0 Å². The molecule has 0 radical (unpaired) electrons. The van der Waals surface area contributed by atoms with Crippen molar-refractivity contribution in [3.63, 3.8) is 0 Å². The number of aromatic hydroxyl groups is 2. The van der Waals surface area contributed by atoms with Gasteiger partial charge in [-0.25, -0.2) is 4.79 Å². The highest BCUT2D eigenvalue weighted by atomic mass is 79.9. The number of hydrogen-bond donors (Lipinski definition) is 3. The number of hydrogen-bond acceptors (Lipinski definition) is 5. The van der Waals surface area contributed by atoms with Gasteiger partial charge < -0.3 is 24.8 Å². The van der Waals surface area contributed by atoms with Gasteiger partial charge in [-0.1, -0.05) is 161 Å². The van der Waals surface area contributed by atoms with Crippen LogP contribution in [-0.2, 0) is 0 Å². The monoisotopic (exact) mass is 940 g/mol. The Labute approximate surface area is 374 Å². The number of para-hydroxylation sites is 1. The number of halogens is 2. The number of methoxy groups -OCH3 is 2. The Hall–Kier alpha value is -3.49. The topological polar surface area (TPSA) is 96.2 Å². The molecule has 0 fully saturated rings. The highest BCUT2D eigenvalue weighted by Gasteiger charge is 2.19. The van der Waals surface area contributed by atoms with Gasteiger partial charge in [-0.15, -0.1) is 0 Å². The van der Waals surface area contributed by atoms with Gasteiger partial charge in [0.15, 0.2) is 0 Å². The van der Waals surface area contributed by atoms with Gasteiger partial charge in [-0.3, -0.25) is 0 Å². The molecule has 0 atom stereocenters. The van der Waals surface area contributed by atoms with Crippen molar-refractivity contribution in [3.8, 4) is 23.0 Å². The van der Waals surface area contributed by atoms with E-state index in [1.54, 1.807) is 26.4 Å². The molecular weight excluding hydrogens is 868 g/mol. The van der Waals surface area contributed by atoms with Crippen LogP contribution in [0.3, 0.4) is 0 Å². The first-order valence-corrected chi connectivity index (χ1v) is 22.6. The summed E-state index contributed by atoms with van der Waals surface area (Å²) in [6, 6.07) is 17.7. The van der Waals surface area contributed by atoms with Crippen LogP contribution in [0, 0.1) is 0 Å². The van der Waals surface area contributed by atoms with Crippen molar-refractivity contribution >= 4 is 37.8 Å². The molecule has 0 amide bonds. The summed E-state index contributed by atoms with van der Waals surface area (Å²) < 4.78 is 13.2. The molecule has 8 heteroatoms. The maximum Gasteiger partial charge on any atom is 0.335 e. The van der Waals surface area contributed by atoms with Crippen LogP contribution in [0.25, 0.3) is 0 Å². The van der Waals surface area contributed by atoms with Gasteiger partial charge in [0.05, 0.1) is 19.8 Å². The van der Waals surface area contributed by atoms with E-state index < -0.39 is 5.97 Å². The second-order valence-electron chi connectivity index (χ2n) is 17.6. The molecule has 0 aliphatic heterocycles. The van der Waals surface area contributed by atoms with Gasteiger partial charge in [-0.2, -0.15) is 0 Å². The molecule has 0 aromatic heterocycles. The molecule has 4 aromatic rings. The first-order valence-electron chi connectivity index (χ1n) is 21.0. The minimum atomic E-state index is -0.892. The molecule has 59 heavy (non-hydrogen) atoms. The molecular formula is C51H74Br2O6. The molecule has 6 nitrogen and oxygen atoms in total. The summed E-state index contributed by atoms with van der Waals surface area (Å²) in [5.74, 6) is 4.83. The third-order valence-electron chi connectivity index (χ3n) is 10.1. The second-order valence-corrected chi connectivity index (χ2v) is 19.4. The van der Waals surface area contributed by atoms with E-state index in [2.05, 4.69) is 127 Å². The van der Waals surface area contributed by atoms with Crippen LogP contribution < -0.4 is 9.47 Å². The van der Waals surface area contributed by atoms with Crippen molar-refractivity contribution in [1.29, 1.82) is 0 Å². The molecule has 0 heterocycles. The minimum absolute atomic E-state index is 0.238. The fraction of sp³-hybridized carbons (Fsp3) is 0.510. The van der Waals surface area contributed by atoms with E-state index in [0.717, 1.165) is 53.8 Å². The normalized spacial score (nSPS) is 11.2. The molecule has 0 aliphatic carbocycles. The molecule has 0 unspecified atom stereocenters. The number of phenolic OH excluding ortho intramolecular Hbond substituents is 2. The first kappa shape index (κ1) is 53.5. The molecule has 4 rings (SSSR count). The number of carboxylic acids is 1. The Morgan fingerprint density at radius 2 is 0.678 bits per heavy atom. The zero-order valence-corrected chi connectivity index (χ0v) is 42.3. The number of carboxylic acid groups (broad SMARTS) is 1. The standard InChI is InChI=1S/C14H20O3.C13H19BrO.C12H17BrO.C12H18O/c1-8(2)11-6-10(14(15)16)7-12(9(3)4)13(11)17-5;1-8(2)11-6-10(14)7-12(9(3)4)13(11)15-5;1-7(2)10-5-9(13)6-11(8(3)4)12(10)14;1-8(2)10-6-5-7-11(9(3)4)12(10)13/h6-9H,1-5H3,(H,15,16);6-9H,1-5H3;5-8,14H,1-4H3;5-9,13H,1-4H3. The predicted molar refractivity (Wildman–Crippen MR) is 257 cm³/mol. The van der Waals surface area contributed by atoms with E-state index in [-0.39, 0.29) is 11.8 Å². The molecule has 0 aliphatic rings. The maximum absolute atomic E-state index is 11.1. The average Bonchev–Trinajstić information content (AvgIpc) is 3.14. The molecule has 3 N–H and O–H groups in total. The van der Waals surface area contributed by atoms with Gasteiger partial charge in [0.2, 0.25) is 0 Å². The van der Waals surface area contributed by atoms with Crippen molar-refractivity contribution in [1.82, 2.24) is 0 Å². The summed E-state index contributed by atoms with van der Waals surface area (Å²) in [6.07, 6.45) is 0. The van der Waals surface area contributed by atoms with Crippen molar-refractivity contribution in [2.45, 2.75) is 158 Å². The van der Waals surface area contributed by atoms with Crippen molar-refractivity contribution < 1.29 is 29.6 Å². The lowest BCUT2D eigenvalue weighted by Gasteiger charge is -2.19. The molecule has 0 saturated carbocycles. The minimum Gasteiger partial charge on any atom is -0.507 e. The van der Waals surface area contributed by atoms with Gasteiger partial charge in [0.25, 0.3) is 0 Å². The van der Waals surface area contributed by atoms with E-state index >= 15 is 0 Å². The Morgan fingerprint density at radius 3 is 0.915 bits per heavy atom. The van der Waals surface area contributed by atoms with E-state index in [1.165, 1.54) is 11.1 Å². The van der Waals surface area contributed by atoms with Gasteiger partial charge in [0, 0.05) is 8.95 Å². The Bertz CT molecular complexity index is 1830. The van der Waals surface area contributed by atoms with Crippen LogP contribution in [0.1, 0.15) is 213 Å². The van der Waals surface area contributed by atoms with Crippen LogP contribution in [-0.4, -0.2) is 35.5 Å². The molecule has 4 aromatic carbocycles. The number of phenols is 2. The zero-order valence-electron chi connectivity index (χ0n) is 39.1. The average molecular weight is 943 g/mol. The van der Waals surface area contributed by atoms with E-state index in [4.69, 9.17) is 14.6 Å². The molecule has 0 saturated heterocycles. The smallest absolute Gasteiger partial charge is 0.335 e. The number of benzene rings is 4. The highest BCUT2D eigenvalue weighted by molar-refractivity contribution is 9.10. The summed E-state index contributed by atoms with van der Waals surface area (Å²) >= 11 is 7.03. The molecule has 328 valence electrons. The number of ether oxygens (including phenoxy) is 2. The van der Waals surface area contributed by atoms with Crippen LogP contribution in [0.5, 0.6) is 23.0 Å². The van der Waals surface area contributed by atoms with Crippen molar-refractivity contribution in [2.75, 3.05) is 14.2 Å². The summed E-state index contributed by atoms with van der Waals surface area (Å²) in [5, 5.41) is 29.1. The Morgan fingerprint density at radius 1 is 0.441 bits per heavy atom. The number of carbonyl (C=O) groups is 1. The number of aromatic carboxylic acids is 1. The molecule has 0 bridgehead atoms. The third-order valence-corrected chi connectivity index (χ3v) is 11.0. The van der Waals surface area contributed by atoms with E-state index in [1.807, 2.05) is 58.0 Å². The highest BCUT2D eigenvalue weighted by Crippen LogP contribution is 2.39. The first-order chi connectivity index (χ1) is 27.3. The summed E-state index contributed by atoms with van der Waals surface area (Å²) in [7, 11) is 3.38. The van der Waals surface area contributed by atoms with Gasteiger partial charge in [-0.05, 0) is 128 Å². The van der Waals surface area contributed by atoms with E-state index in [0.29, 0.717) is 52.6 Å². The SMILES string of the molecule is CC(C)c1cc(Br)cc(C(C)C)c1O.CC(C)c1cccc(C(C)C)c1O.COc1c(C(C)C)cc(Br)cc1C(C)C.COc1c(C(C)C)cc(C(=O)O)cc1C(C)C. The fourth-order valence-electron chi connectivity index (χ4n) is 6.66. The largest absolute Gasteiger partial charge is 0.507 e. The Kier molecular flexibility index (Phi) is 22.4. The van der Waals surface area contributed by atoms with Crippen molar-refractivity contribution in [2.24, 2.45) is 0 Å². The lowest BCUT2D eigenvalue weighted by molar-refractivity contribution is 0.0696. The van der Waals surface area contributed by atoms with Crippen LogP contribution in [0.2, 0.25) is 0 Å². The maximum atomic E-state index is 11.1. The predicted octanol–water partition coefficient (Wildman–Crippen LogP) is 16.4. The number of rotatable bonds is 11. The quantitative estimate of drug-likeness (QED) is 0.139. The summed E-state index contributed by atoms with van der Waals surface area (Å²) in [4.78, 5) is 11.1. The summed E-state index contributed by atoms with van der Waals surface area (Å²) in [6.45, 7) is 33.6. The van der Waals surface area contributed by atoms with E-state index in [9.17, 15) is 15.0 Å². The zero-order chi connectivity index (χ0) is 45.6. The summed E-state index contributed by atoms with van der Waals surface area (Å²) in [5.41, 5.74) is 8.92. The Balaban J connectivity index is 0.000000395. The fourth-order valence-corrected chi connectivity index (χ4v) is 7.64. The van der Waals surface area contributed by atoms with Gasteiger partial charge >= 0.3 is 5.97 Å².